The zero-order chi connectivity index (χ0) is 12.2. The molecule has 1 fully saturated rings. The minimum atomic E-state index is 0.572. The highest BCUT2D eigenvalue weighted by Gasteiger charge is 2.12. The lowest BCUT2D eigenvalue weighted by molar-refractivity contribution is 0.479. The van der Waals surface area contributed by atoms with E-state index in [0.717, 1.165) is 24.5 Å². The second-order valence-corrected chi connectivity index (χ2v) is 4.59. The number of aromatic nitrogens is 3. The third kappa shape index (κ3) is 2.51. The molecule has 1 saturated heterocycles. The first-order valence-electron chi connectivity index (χ1n) is 6.34. The minimum absolute atomic E-state index is 0.572. The molecule has 94 valence electrons. The van der Waals surface area contributed by atoms with E-state index in [0.29, 0.717) is 6.04 Å². The van der Waals surface area contributed by atoms with E-state index in [4.69, 9.17) is 0 Å². The fourth-order valence-electron chi connectivity index (χ4n) is 2.29. The van der Waals surface area contributed by atoms with Crippen LogP contribution < -0.4 is 10.6 Å². The summed E-state index contributed by atoms with van der Waals surface area (Å²) < 4.78 is 1.91. The standard InChI is InChI=1S/C13H17N5/c1-2-12(17-11-4-6-14-7-5-11)8-13(3-1)18-9-15-16-10-18/h1-3,8-11,14,17H,4-7H2. The van der Waals surface area contributed by atoms with Gasteiger partial charge in [0.15, 0.2) is 0 Å². The molecule has 0 radical (unpaired) electrons. The van der Waals surface area contributed by atoms with Crippen molar-refractivity contribution in [3.05, 3.63) is 36.9 Å². The summed E-state index contributed by atoms with van der Waals surface area (Å²) in [5.74, 6) is 0. The highest BCUT2D eigenvalue weighted by atomic mass is 15.2. The van der Waals surface area contributed by atoms with Crippen LogP contribution in [0.3, 0.4) is 0 Å². The number of anilines is 1. The van der Waals surface area contributed by atoms with Gasteiger partial charge in [0.25, 0.3) is 0 Å². The Bertz CT molecular complexity index is 488. The van der Waals surface area contributed by atoms with Crippen molar-refractivity contribution in [2.75, 3.05) is 18.4 Å². The Kier molecular flexibility index (Phi) is 3.23. The van der Waals surface area contributed by atoms with Crippen LogP contribution in [0.2, 0.25) is 0 Å². The van der Waals surface area contributed by atoms with Gasteiger partial charge in [-0.1, -0.05) is 6.07 Å². The van der Waals surface area contributed by atoms with Gasteiger partial charge < -0.3 is 10.6 Å². The fourth-order valence-corrected chi connectivity index (χ4v) is 2.29. The Balaban J connectivity index is 1.74. The van der Waals surface area contributed by atoms with E-state index < -0.39 is 0 Å². The zero-order valence-corrected chi connectivity index (χ0v) is 10.2. The van der Waals surface area contributed by atoms with Crippen molar-refractivity contribution in [3.63, 3.8) is 0 Å². The molecule has 3 rings (SSSR count). The summed E-state index contributed by atoms with van der Waals surface area (Å²) in [5, 5.41) is 14.6. The van der Waals surface area contributed by atoms with Crippen molar-refractivity contribution < 1.29 is 0 Å². The van der Waals surface area contributed by atoms with Crippen LogP contribution >= 0.6 is 0 Å². The maximum Gasteiger partial charge on any atom is 0.123 e. The third-order valence-electron chi connectivity index (χ3n) is 3.27. The summed E-state index contributed by atoms with van der Waals surface area (Å²) in [5.41, 5.74) is 2.24. The number of hydrogen-bond donors (Lipinski definition) is 2. The maximum absolute atomic E-state index is 3.83. The van der Waals surface area contributed by atoms with Gasteiger partial charge in [0, 0.05) is 11.7 Å². The van der Waals surface area contributed by atoms with E-state index in [1.165, 1.54) is 12.8 Å². The van der Waals surface area contributed by atoms with Crippen LogP contribution in [0, 0.1) is 0 Å². The van der Waals surface area contributed by atoms with Gasteiger partial charge in [-0.3, -0.25) is 4.57 Å². The minimum Gasteiger partial charge on any atom is -0.382 e. The van der Waals surface area contributed by atoms with Gasteiger partial charge in [0.1, 0.15) is 12.7 Å². The van der Waals surface area contributed by atoms with Crippen molar-refractivity contribution in [3.8, 4) is 5.69 Å². The lowest BCUT2D eigenvalue weighted by atomic mass is 10.1. The molecule has 5 heteroatoms. The van der Waals surface area contributed by atoms with Gasteiger partial charge in [0.05, 0.1) is 5.69 Å². The maximum atomic E-state index is 3.83. The first-order chi connectivity index (χ1) is 8.92. The zero-order valence-electron chi connectivity index (χ0n) is 10.2. The van der Waals surface area contributed by atoms with Gasteiger partial charge in [-0.05, 0) is 44.1 Å². The van der Waals surface area contributed by atoms with E-state index in [2.05, 4.69) is 45.1 Å². The molecular formula is C13H17N5. The molecule has 0 bridgehead atoms. The van der Waals surface area contributed by atoms with Gasteiger partial charge >= 0.3 is 0 Å². The van der Waals surface area contributed by atoms with Gasteiger partial charge in [-0.2, -0.15) is 0 Å². The smallest absolute Gasteiger partial charge is 0.123 e. The van der Waals surface area contributed by atoms with Crippen LogP contribution in [0.4, 0.5) is 5.69 Å². The molecule has 2 heterocycles. The largest absolute Gasteiger partial charge is 0.382 e. The number of nitrogens with zero attached hydrogens (tertiary/aromatic N) is 3. The fraction of sp³-hybridized carbons (Fsp3) is 0.385. The molecule has 2 aromatic rings. The number of rotatable bonds is 3. The predicted octanol–water partition coefficient (Wildman–Crippen LogP) is 1.43. The van der Waals surface area contributed by atoms with Gasteiger partial charge in [-0.15, -0.1) is 10.2 Å². The second kappa shape index (κ2) is 5.18. The molecule has 0 amide bonds. The summed E-state index contributed by atoms with van der Waals surface area (Å²) in [4.78, 5) is 0. The molecule has 18 heavy (non-hydrogen) atoms. The Morgan fingerprint density at radius 2 is 1.94 bits per heavy atom. The highest BCUT2D eigenvalue weighted by Crippen LogP contribution is 2.17. The molecule has 0 saturated carbocycles. The van der Waals surface area contributed by atoms with Crippen LogP contribution in [0.1, 0.15) is 12.8 Å². The summed E-state index contributed by atoms with van der Waals surface area (Å²) >= 11 is 0. The monoisotopic (exact) mass is 243 g/mol. The number of benzene rings is 1. The predicted molar refractivity (Wildman–Crippen MR) is 70.9 cm³/mol. The van der Waals surface area contributed by atoms with Crippen molar-refractivity contribution in [1.29, 1.82) is 0 Å². The first-order valence-corrected chi connectivity index (χ1v) is 6.34. The molecule has 0 atom stereocenters. The van der Waals surface area contributed by atoms with Crippen LogP contribution in [-0.4, -0.2) is 33.9 Å². The number of hydrogen-bond acceptors (Lipinski definition) is 4. The third-order valence-corrected chi connectivity index (χ3v) is 3.27. The van der Waals surface area contributed by atoms with Crippen LogP contribution in [0.5, 0.6) is 0 Å². The average Bonchev–Trinajstić information content (AvgIpc) is 2.94. The molecule has 0 spiro atoms. The average molecular weight is 243 g/mol. The molecule has 0 unspecified atom stereocenters. The topological polar surface area (TPSA) is 54.8 Å². The Morgan fingerprint density at radius 1 is 1.17 bits per heavy atom. The Labute approximate surface area is 106 Å². The van der Waals surface area contributed by atoms with Crippen LogP contribution in [-0.2, 0) is 0 Å². The van der Waals surface area contributed by atoms with Gasteiger partial charge in [0.2, 0.25) is 0 Å². The van der Waals surface area contributed by atoms with Crippen molar-refractivity contribution in [2.24, 2.45) is 0 Å². The van der Waals surface area contributed by atoms with Crippen molar-refractivity contribution >= 4 is 5.69 Å². The Hall–Kier alpha value is -1.88. The first kappa shape index (κ1) is 11.2. The summed E-state index contributed by atoms with van der Waals surface area (Å²) in [6, 6.07) is 8.92. The van der Waals surface area contributed by atoms with Crippen molar-refractivity contribution in [1.82, 2.24) is 20.1 Å². The number of piperidine rings is 1. The normalized spacial score (nSPS) is 16.7. The quantitative estimate of drug-likeness (QED) is 0.856. The second-order valence-electron chi connectivity index (χ2n) is 4.59. The van der Waals surface area contributed by atoms with Gasteiger partial charge in [-0.25, -0.2) is 0 Å². The van der Waals surface area contributed by atoms with Crippen LogP contribution in [0.25, 0.3) is 5.69 Å². The van der Waals surface area contributed by atoms with E-state index in [1.54, 1.807) is 12.7 Å². The van der Waals surface area contributed by atoms with E-state index >= 15 is 0 Å². The summed E-state index contributed by atoms with van der Waals surface area (Å²) in [6.07, 6.45) is 5.78. The molecule has 1 aromatic heterocycles. The Morgan fingerprint density at radius 3 is 2.72 bits per heavy atom. The van der Waals surface area contributed by atoms with Crippen LogP contribution in [0.15, 0.2) is 36.9 Å². The molecule has 5 nitrogen and oxygen atoms in total. The molecule has 1 aliphatic rings. The number of nitrogens with one attached hydrogen (secondary N) is 2. The highest BCUT2D eigenvalue weighted by molar-refractivity contribution is 5.51. The molecule has 1 aromatic carbocycles. The molecule has 0 aliphatic carbocycles. The van der Waals surface area contributed by atoms with E-state index in [1.807, 2.05) is 4.57 Å². The SMILES string of the molecule is c1cc(NC2CCNCC2)cc(-n2cnnc2)c1. The molecule has 1 aliphatic heterocycles. The summed E-state index contributed by atoms with van der Waals surface area (Å²) in [7, 11) is 0. The lowest BCUT2D eigenvalue weighted by Gasteiger charge is -2.24. The van der Waals surface area contributed by atoms with E-state index in [9.17, 15) is 0 Å². The van der Waals surface area contributed by atoms with E-state index in [-0.39, 0.29) is 0 Å². The molecular weight excluding hydrogens is 226 g/mol. The molecule has 2 N–H and O–H groups in total. The van der Waals surface area contributed by atoms with Crippen molar-refractivity contribution in [2.45, 2.75) is 18.9 Å². The summed E-state index contributed by atoms with van der Waals surface area (Å²) in [6.45, 7) is 2.20. The lowest BCUT2D eigenvalue weighted by Crippen LogP contribution is -2.35.